The maximum Gasteiger partial charge on any atom is 0.343 e. The number of ether oxygens (including phenoxy) is 3. The van der Waals surface area contributed by atoms with Gasteiger partial charge in [0.15, 0.2) is 0 Å². The summed E-state index contributed by atoms with van der Waals surface area (Å²) in [6.07, 6.45) is 10.6. The number of esters is 1. The summed E-state index contributed by atoms with van der Waals surface area (Å²) in [6.45, 7) is 10.7. The number of unbranched alkanes of at least 4 members (excludes halogenated alkanes) is 6. The van der Waals surface area contributed by atoms with Crippen molar-refractivity contribution in [1.82, 2.24) is 0 Å². The Morgan fingerprint density at radius 3 is 2.03 bits per heavy atom. The summed E-state index contributed by atoms with van der Waals surface area (Å²) >= 11 is 6.35. The molecule has 4 nitrogen and oxygen atoms in total. The van der Waals surface area contributed by atoms with Crippen molar-refractivity contribution < 1.29 is 19.0 Å². The molecule has 0 aliphatic rings. The molecule has 2 rings (SSSR count). The quantitative estimate of drug-likeness (QED) is 0.0631. The van der Waals surface area contributed by atoms with Crippen LogP contribution in [0.2, 0.25) is 25.7 Å². The van der Waals surface area contributed by atoms with E-state index < -0.39 is 14.0 Å². The van der Waals surface area contributed by atoms with Crippen LogP contribution in [0.5, 0.6) is 17.2 Å². The standard InChI is InChI=1S/C30H45ClO4Si/c1-5-6-7-10-13-26(31)24-34-28-18-20-29(21-19-28)35-30(32)25-14-16-27(17-15-25)33-22-11-8-9-12-23-36(2,3)4/h14-21,26H,5-13,22-24H2,1-4H3. The first-order chi connectivity index (χ1) is 17.3. The summed E-state index contributed by atoms with van der Waals surface area (Å²) < 4.78 is 17.1. The number of alkyl halides is 1. The SMILES string of the molecule is CCCCCCC(Cl)COc1ccc(OC(=O)c2ccc(OCCCCCC[Si](C)(C)C)cc2)cc1. The van der Waals surface area contributed by atoms with Gasteiger partial charge >= 0.3 is 5.97 Å². The molecule has 0 bridgehead atoms. The number of hydrogen-bond donors (Lipinski definition) is 0. The molecule has 200 valence electrons. The highest BCUT2D eigenvalue weighted by molar-refractivity contribution is 6.76. The zero-order chi connectivity index (χ0) is 26.2. The van der Waals surface area contributed by atoms with E-state index in [0.29, 0.717) is 30.3 Å². The Balaban J connectivity index is 1.66. The van der Waals surface area contributed by atoms with E-state index in [-0.39, 0.29) is 5.38 Å². The molecular weight excluding hydrogens is 488 g/mol. The molecule has 0 aliphatic carbocycles. The van der Waals surface area contributed by atoms with Gasteiger partial charge in [0.25, 0.3) is 0 Å². The van der Waals surface area contributed by atoms with Gasteiger partial charge in [0.1, 0.15) is 23.9 Å². The molecule has 0 saturated carbocycles. The lowest BCUT2D eigenvalue weighted by Gasteiger charge is -2.14. The first-order valence-electron chi connectivity index (χ1n) is 13.6. The Morgan fingerprint density at radius 2 is 1.36 bits per heavy atom. The first kappa shape index (κ1) is 30.2. The van der Waals surface area contributed by atoms with E-state index in [9.17, 15) is 4.79 Å². The number of halogens is 1. The second-order valence-corrected chi connectivity index (χ2v) is 17.0. The molecule has 0 saturated heterocycles. The van der Waals surface area contributed by atoms with Crippen molar-refractivity contribution in [3.8, 4) is 17.2 Å². The van der Waals surface area contributed by atoms with Gasteiger partial charge < -0.3 is 14.2 Å². The van der Waals surface area contributed by atoms with Crippen LogP contribution >= 0.6 is 11.6 Å². The minimum Gasteiger partial charge on any atom is -0.494 e. The van der Waals surface area contributed by atoms with Crippen molar-refractivity contribution in [3.05, 3.63) is 54.1 Å². The monoisotopic (exact) mass is 532 g/mol. The molecule has 2 aromatic rings. The average molecular weight is 533 g/mol. The van der Waals surface area contributed by atoms with Gasteiger partial charge in [0, 0.05) is 8.07 Å². The molecule has 0 spiro atoms. The smallest absolute Gasteiger partial charge is 0.343 e. The molecule has 2 aromatic carbocycles. The fourth-order valence-corrected chi connectivity index (χ4v) is 5.35. The Morgan fingerprint density at radius 1 is 0.778 bits per heavy atom. The summed E-state index contributed by atoms with van der Waals surface area (Å²) in [5, 5.41) is 0.00565. The van der Waals surface area contributed by atoms with E-state index in [1.165, 1.54) is 44.6 Å². The molecule has 0 amide bonds. The van der Waals surface area contributed by atoms with Gasteiger partial charge in [-0.1, -0.05) is 77.6 Å². The van der Waals surface area contributed by atoms with Crippen LogP contribution < -0.4 is 14.2 Å². The summed E-state index contributed by atoms with van der Waals surface area (Å²) in [6, 6.07) is 15.6. The molecular formula is C30H45ClO4Si. The first-order valence-corrected chi connectivity index (χ1v) is 17.7. The molecule has 0 radical (unpaired) electrons. The normalized spacial score (nSPS) is 12.2. The number of rotatable bonds is 18. The van der Waals surface area contributed by atoms with Crippen LogP contribution in [0.1, 0.15) is 75.1 Å². The molecule has 6 heteroatoms. The average Bonchev–Trinajstić information content (AvgIpc) is 2.85. The van der Waals surface area contributed by atoms with Crippen molar-refractivity contribution in [3.63, 3.8) is 0 Å². The summed E-state index contributed by atoms with van der Waals surface area (Å²) in [7, 11) is -0.913. The minimum atomic E-state index is -0.913. The molecule has 0 N–H and O–H groups in total. The molecule has 1 unspecified atom stereocenters. The lowest BCUT2D eigenvalue weighted by atomic mass is 10.1. The Hall–Kier alpha value is -1.98. The maximum absolute atomic E-state index is 12.5. The van der Waals surface area contributed by atoms with E-state index in [1.807, 2.05) is 12.1 Å². The molecule has 0 fully saturated rings. The predicted molar refractivity (Wildman–Crippen MR) is 154 cm³/mol. The van der Waals surface area contributed by atoms with Gasteiger partial charge in [-0.15, -0.1) is 11.6 Å². The van der Waals surface area contributed by atoms with Crippen LogP contribution in [0.25, 0.3) is 0 Å². The lowest BCUT2D eigenvalue weighted by molar-refractivity contribution is 0.0734. The third-order valence-corrected chi connectivity index (χ3v) is 8.21. The molecule has 36 heavy (non-hydrogen) atoms. The van der Waals surface area contributed by atoms with Gasteiger partial charge in [-0.2, -0.15) is 0 Å². The van der Waals surface area contributed by atoms with Crippen LogP contribution in [0.3, 0.4) is 0 Å². The highest BCUT2D eigenvalue weighted by Crippen LogP contribution is 2.21. The van der Waals surface area contributed by atoms with Gasteiger partial charge in [-0.25, -0.2) is 4.79 Å². The lowest BCUT2D eigenvalue weighted by Crippen LogP contribution is -2.18. The largest absolute Gasteiger partial charge is 0.494 e. The van der Waals surface area contributed by atoms with Gasteiger partial charge in [-0.3, -0.25) is 0 Å². The second-order valence-electron chi connectivity index (χ2n) is 10.7. The van der Waals surface area contributed by atoms with Gasteiger partial charge in [0.2, 0.25) is 0 Å². The topological polar surface area (TPSA) is 44.8 Å². The number of carbonyl (C=O) groups is 1. The Bertz CT molecular complexity index is 862. The molecule has 0 aromatic heterocycles. The van der Waals surface area contributed by atoms with E-state index in [2.05, 4.69) is 26.6 Å². The van der Waals surface area contributed by atoms with E-state index in [1.54, 1.807) is 36.4 Å². The fraction of sp³-hybridized carbons (Fsp3) is 0.567. The van der Waals surface area contributed by atoms with Crippen molar-refractivity contribution in [2.24, 2.45) is 0 Å². The van der Waals surface area contributed by atoms with Gasteiger partial charge in [-0.05, 0) is 61.4 Å². The maximum atomic E-state index is 12.5. The molecule has 0 heterocycles. The third-order valence-electron chi connectivity index (χ3n) is 6.02. The van der Waals surface area contributed by atoms with Crippen LogP contribution in [-0.2, 0) is 0 Å². The van der Waals surface area contributed by atoms with Crippen LogP contribution in [0.4, 0.5) is 0 Å². The predicted octanol–water partition coefficient (Wildman–Crippen LogP) is 9.14. The summed E-state index contributed by atoms with van der Waals surface area (Å²) in [5.74, 6) is 1.57. The third kappa shape index (κ3) is 13.4. The Kier molecular flexibility index (Phi) is 14.0. The van der Waals surface area contributed by atoms with Crippen LogP contribution in [0.15, 0.2) is 48.5 Å². The molecule has 0 aliphatic heterocycles. The highest BCUT2D eigenvalue weighted by atomic mass is 35.5. The fourth-order valence-electron chi connectivity index (χ4n) is 3.82. The zero-order valence-corrected chi connectivity index (χ0v) is 24.4. The van der Waals surface area contributed by atoms with E-state index in [4.69, 9.17) is 25.8 Å². The highest BCUT2D eigenvalue weighted by Gasteiger charge is 2.12. The minimum absolute atomic E-state index is 0.00565. The van der Waals surface area contributed by atoms with Crippen LogP contribution in [-0.4, -0.2) is 32.6 Å². The summed E-state index contributed by atoms with van der Waals surface area (Å²) in [5.41, 5.74) is 0.488. The van der Waals surface area contributed by atoms with Crippen molar-refractivity contribution in [2.75, 3.05) is 13.2 Å². The Labute approximate surface area is 224 Å². The van der Waals surface area contributed by atoms with Crippen molar-refractivity contribution >= 4 is 25.6 Å². The van der Waals surface area contributed by atoms with Crippen LogP contribution in [0, 0.1) is 0 Å². The second kappa shape index (κ2) is 16.7. The van der Waals surface area contributed by atoms with Crippen molar-refractivity contribution in [2.45, 2.75) is 95.8 Å². The number of benzene rings is 2. The van der Waals surface area contributed by atoms with Crippen molar-refractivity contribution in [1.29, 1.82) is 0 Å². The number of hydrogen-bond acceptors (Lipinski definition) is 4. The molecule has 1 atom stereocenters. The zero-order valence-electron chi connectivity index (χ0n) is 22.7. The van der Waals surface area contributed by atoms with Gasteiger partial charge in [0.05, 0.1) is 17.5 Å². The number of carbonyl (C=O) groups excluding carboxylic acids is 1. The van der Waals surface area contributed by atoms with E-state index in [0.717, 1.165) is 25.0 Å². The van der Waals surface area contributed by atoms with E-state index >= 15 is 0 Å². The summed E-state index contributed by atoms with van der Waals surface area (Å²) in [4.78, 5) is 12.5.